The lowest BCUT2D eigenvalue weighted by Crippen LogP contribution is -2.41. The summed E-state index contributed by atoms with van der Waals surface area (Å²) in [6.07, 6.45) is 11.9. The Morgan fingerprint density at radius 3 is 2.53 bits per heavy atom. The molecule has 2 amide bonds. The molecule has 3 rings (SSSR count). The number of carboxylic acid groups (broad SMARTS) is 1. The van der Waals surface area contributed by atoms with Gasteiger partial charge in [-0.05, 0) is 78.9 Å². The highest BCUT2D eigenvalue weighted by molar-refractivity contribution is 7.98. The lowest BCUT2D eigenvalue weighted by atomic mass is 9.86. The van der Waals surface area contributed by atoms with Gasteiger partial charge in [-0.3, -0.25) is 9.59 Å². The van der Waals surface area contributed by atoms with Crippen molar-refractivity contribution in [2.45, 2.75) is 77.2 Å². The third kappa shape index (κ3) is 9.19. The van der Waals surface area contributed by atoms with Crippen LogP contribution in [0.25, 0.3) is 11.1 Å². The van der Waals surface area contributed by atoms with Crippen LogP contribution in [0, 0.1) is 12.8 Å². The molecule has 0 saturated heterocycles. The average molecular weight is 539 g/mol. The minimum atomic E-state index is -1.03. The van der Waals surface area contributed by atoms with Gasteiger partial charge in [0.2, 0.25) is 5.91 Å². The first kappa shape index (κ1) is 29.8. The molecule has 206 valence electrons. The Morgan fingerprint density at radius 1 is 1.05 bits per heavy atom. The normalized spacial score (nSPS) is 14.6. The first-order valence-corrected chi connectivity index (χ1v) is 15.3. The lowest BCUT2D eigenvalue weighted by Gasteiger charge is -2.21. The van der Waals surface area contributed by atoms with Gasteiger partial charge in [-0.2, -0.15) is 11.8 Å². The molecule has 0 radical (unpaired) electrons. The Hall–Kier alpha value is -2.80. The average Bonchev–Trinajstić information content (AvgIpc) is 2.92. The van der Waals surface area contributed by atoms with E-state index in [1.54, 1.807) is 17.8 Å². The zero-order valence-corrected chi connectivity index (χ0v) is 23.6. The monoisotopic (exact) mass is 538 g/mol. The summed E-state index contributed by atoms with van der Waals surface area (Å²) in [6, 6.07) is 12.7. The summed E-state index contributed by atoms with van der Waals surface area (Å²) < 4.78 is 0. The van der Waals surface area contributed by atoms with Gasteiger partial charge in [-0.1, -0.05) is 68.5 Å². The number of carbonyl (C=O) groups is 3. The molecule has 2 aromatic rings. The largest absolute Gasteiger partial charge is 0.480 e. The predicted octanol–water partition coefficient (Wildman–Crippen LogP) is 6.01. The maximum Gasteiger partial charge on any atom is 0.326 e. The Labute approximate surface area is 231 Å². The van der Waals surface area contributed by atoms with Crippen LogP contribution in [-0.4, -0.2) is 47.5 Å². The fraction of sp³-hybridized carbons (Fsp3) is 0.516. The molecule has 0 unspecified atom stereocenters. The van der Waals surface area contributed by atoms with E-state index in [1.807, 2.05) is 49.6 Å². The summed E-state index contributed by atoms with van der Waals surface area (Å²) in [5.74, 6) is 0.0904. The third-order valence-corrected chi connectivity index (χ3v) is 8.09. The summed E-state index contributed by atoms with van der Waals surface area (Å²) in [5.41, 5.74) is 4.33. The highest BCUT2D eigenvalue weighted by Gasteiger charge is 2.23. The number of aryl methyl sites for hydroxylation is 2. The molecule has 2 aromatic carbocycles. The molecular formula is C31H42N2O4S. The standard InChI is InChI=1S/C31H42N2O4S/c1-22-9-6-7-13-25(22)27-21-24(12-8-19-32-29(34)17-15-23-10-4-3-5-11-23)14-16-26(27)30(35)33-28(31(36)37)18-20-38-2/h6-7,9,13-14,16,21,23,28H,3-5,8,10-12,15,17-20H2,1-2H3,(H,32,34)(H,33,35)(H,36,37)/t28-/m0/s1. The number of hydrogen-bond donors (Lipinski definition) is 3. The van der Waals surface area contributed by atoms with Crippen LogP contribution in [0.4, 0.5) is 0 Å². The molecule has 0 bridgehead atoms. The second kappa shape index (κ2) is 15.6. The molecule has 6 nitrogen and oxygen atoms in total. The van der Waals surface area contributed by atoms with E-state index >= 15 is 0 Å². The van der Waals surface area contributed by atoms with Crippen molar-refractivity contribution in [3.8, 4) is 11.1 Å². The Bertz CT molecular complexity index is 1080. The molecule has 3 N–H and O–H groups in total. The van der Waals surface area contributed by atoms with E-state index in [0.29, 0.717) is 36.6 Å². The van der Waals surface area contributed by atoms with Crippen molar-refractivity contribution in [2.75, 3.05) is 18.6 Å². The minimum absolute atomic E-state index is 0.137. The van der Waals surface area contributed by atoms with Crippen molar-refractivity contribution in [1.29, 1.82) is 0 Å². The van der Waals surface area contributed by atoms with Gasteiger partial charge in [0.15, 0.2) is 0 Å². The number of hydrogen-bond acceptors (Lipinski definition) is 4. The Kier molecular flexibility index (Phi) is 12.2. The minimum Gasteiger partial charge on any atom is -0.480 e. The van der Waals surface area contributed by atoms with E-state index in [-0.39, 0.29) is 11.8 Å². The van der Waals surface area contributed by atoms with Crippen molar-refractivity contribution in [3.63, 3.8) is 0 Å². The first-order chi connectivity index (χ1) is 18.4. The van der Waals surface area contributed by atoms with Crippen molar-refractivity contribution in [2.24, 2.45) is 5.92 Å². The van der Waals surface area contributed by atoms with Crippen LogP contribution < -0.4 is 10.6 Å². The van der Waals surface area contributed by atoms with Crippen LogP contribution in [0.1, 0.15) is 79.3 Å². The van der Waals surface area contributed by atoms with Gasteiger partial charge in [0.05, 0.1) is 0 Å². The van der Waals surface area contributed by atoms with Gasteiger partial charge in [0, 0.05) is 18.5 Å². The molecule has 0 aliphatic heterocycles. The van der Waals surface area contributed by atoms with Crippen molar-refractivity contribution < 1.29 is 19.5 Å². The van der Waals surface area contributed by atoms with E-state index < -0.39 is 12.0 Å². The second-order valence-corrected chi connectivity index (χ2v) is 11.3. The molecular weight excluding hydrogens is 496 g/mol. The number of amides is 2. The SMILES string of the molecule is CSCC[C@H](NC(=O)c1ccc(CCCNC(=O)CCC2CCCCC2)cc1-c1ccccc1C)C(=O)O. The van der Waals surface area contributed by atoms with Gasteiger partial charge < -0.3 is 15.7 Å². The maximum absolute atomic E-state index is 13.2. The quantitative estimate of drug-likeness (QED) is 0.256. The molecule has 1 atom stereocenters. The zero-order valence-electron chi connectivity index (χ0n) is 22.8. The van der Waals surface area contributed by atoms with Gasteiger partial charge in [-0.25, -0.2) is 4.79 Å². The number of carboxylic acids is 1. The summed E-state index contributed by atoms with van der Waals surface area (Å²) in [5, 5.41) is 15.4. The summed E-state index contributed by atoms with van der Waals surface area (Å²) in [4.78, 5) is 37.2. The number of rotatable bonds is 14. The Balaban J connectivity index is 1.64. The maximum atomic E-state index is 13.2. The van der Waals surface area contributed by atoms with Crippen LogP contribution in [0.2, 0.25) is 0 Å². The van der Waals surface area contributed by atoms with Crippen molar-refractivity contribution in [3.05, 3.63) is 59.2 Å². The molecule has 0 spiro atoms. The lowest BCUT2D eigenvalue weighted by molar-refractivity contribution is -0.139. The van der Waals surface area contributed by atoms with Crippen molar-refractivity contribution >= 4 is 29.5 Å². The number of benzene rings is 2. The van der Waals surface area contributed by atoms with E-state index in [1.165, 1.54) is 32.1 Å². The van der Waals surface area contributed by atoms with Crippen LogP contribution >= 0.6 is 11.8 Å². The van der Waals surface area contributed by atoms with Crippen LogP contribution in [0.5, 0.6) is 0 Å². The summed E-state index contributed by atoms with van der Waals surface area (Å²) in [7, 11) is 0. The molecule has 7 heteroatoms. The number of carbonyl (C=O) groups excluding carboxylic acids is 2. The number of aliphatic carboxylic acids is 1. The molecule has 1 aliphatic rings. The van der Waals surface area contributed by atoms with Crippen molar-refractivity contribution in [1.82, 2.24) is 10.6 Å². The molecule has 1 fully saturated rings. The van der Waals surface area contributed by atoms with Gasteiger partial charge >= 0.3 is 5.97 Å². The highest BCUT2D eigenvalue weighted by atomic mass is 32.2. The fourth-order valence-electron chi connectivity index (χ4n) is 5.19. The second-order valence-electron chi connectivity index (χ2n) is 10.3. The van der Waals surface area contributed by atoms with Gasteiger partial charge in [0.25, 0.3) is 5.91 Å². The van der Waals surface area contributed by atoms with Gasteiger partial charge in [-0.15, -0.1) is 0 Å². The third-order valence-electron chi connectivity index (χ3n) is 7.45. The topological polar surface area (TPSA) is 95.5 Å². The highest BCUT2D eigenvalue weighted by Crippen LogP contribution is 2.29. The molecule has 0 heterocycles. The van der Waals surface area contributed by atoms with E-state index in [4.69, 9.17) is 0 Å². The smallest absolute Gasteiger partial charge is 0.326 e. The molecule has 38 heavy (non-hydrogen) atoms. The Morgan fingerprint density at radius 2 is 1.82 bits per heavy atom. The molecule has 1 aliphatic carbocycles. The zero-order chi connectivity index (χ0) is 27.3. The van der Waals surface area contributed by atoms with E-state index in [0.717, 1.165) is 41.5 Å². The van der Waals surface area contributed by atoms with Crippen LogP contribution in [0.15, 0.2) is 42.5 Å². The number of nitrogens with one attached hydrogen (secondary N) is 2. The van der Waals surface area contributed by atoms with E-state index in [9.17, 15) is 19.5 Å². The van der Waals surface area contributed by atoms with E-state index in [2.05, 4.69) is 10.6 Å². The summed E-state index contributed by atoms with van der Waals surface area (Å²) in [6.45, 7) is 2.63. The molecule has 0 aromatic heterocycles. The first-order valence-electron chi connectivity index (χ1n) is 13.9. The molecule has 1 saturated carbocycles. The fourth-order valence-corrected chi connectivity index (χ4v) is 5.66. The number of thioether (sulfide) groups is 1. The predicted molar refractivity (Wildman–Crippen MR) is 156 cm³/mol. The van der Waals surface area contributed by atoms with Gasteiger partial charge in [0.1, 0.15) is 6.04 Å². The van der Waals surface area contributed by atoms with Crippen LogP contribution in [0.3, 0.4) is 0 Å². The summed E-state index contributed by atoms with van der Waals surface area (Å²) >= 11 is 1.55. The van der Waals surface area contributed by atoms with Crippen LogP contribution in [-0.2, 0) is 16.0 Å².